The molecule has 2 unspecified atom stereocenters. The zero-order valence-electron chi connectivity index (χ0n) is 7.74. The lowest BCUT2D eigenvalue weighted by atomic mass is 10.5. The van der Waals surface area contributed by atoms with Gasteiger partial charge in [-0.15, -0.1) is 0 Å². The van der Waals surface area contributed by atoms with Crippen molar-refractivity contribution >= 4 is 15.2 Å². The molecule has 8 nitrogen and oxygen atoms in total. The average molecular weight is 269 g/mol. The predicted molar refractivity (Wildman–Crippen MR) is 52.7 cm³/mol. The first-order valence-corrected chi connectivity index (χ1v) is 7.23. The van der Waals surface area contributed by atoms with Crippen LogP contribution in [-0.4, -0.2) is 30.4 Å². The Morgan fingerprint density at radius 3 is 2.31 bits per heavy atom. The number of nitrogens with zero attached hydrogens (tertiary/aromatic N) is 1. The van der Waals surface area contributed by atoms with Crippen molar-refractivity contribution in [3.63, 3.8) is 0 Å². The van der Waals surface area contributed by atoms with E-state index in [0.717, 1.165) is 0 Å². The van der Waals surface area contributed by atoms with Crippen molar-refractivity contribution in [2.24, 2.45) is 0 Å². The Morgan fingerprint density at radius 2 is 1.88 bits per heavy atom. The minimum Gasteiger partial charge on any atom is -0.404 e. The number of rotatable bonds is 4. The molecule has 16 heavy (non-hydrogen) atoms. The maximum atomic E-state index is 11.3. The largest absolute Gasteiger partial charge is 0.418 e. The molecule has 0 bridgehead atoms. The molecule has 2 atom stereocenters. The monoisotopic (exact) mass is 269 g/mol. The van der Waals surface area contributed by atoms with Gasteiger partial charge in [0.15, 0.2) is 0 Å². The van der Waals surface area contributed by atoms with E-state index in [-0.39, 0.29) is 5.88 Å². The van der Waals surface area contributed by atoms with Crippen LogP contribution >= 0.6 is 15.2 Å². The summed E-state index contributed by atoms with van der Waals surface area (Å²) in [5.74, 6) is -0.319. The zero-order chi connectivity index (χ0) is 12.4. The van der Waals surface area contributed by atoms with Crippen LogP contribution in [0.3, 0.4) is 0 Å². The highest BCUT2D eigenvalue weighted by molar-refractivity contribution is 7.71. The Bertz CT molecular complexity index is 443. The fourth-order valence-corrected chi connectivity index (χ4v) is 2.90. The van der Waals surface area contributed by atoms with Gasteiger partial charge in [0, 0.05) is 12.3 Å². The van der Waals surface area contributed by atoms with Crippen molar-refractivity contribution in [3.8, 4) is 5.88 Å². The molecule has 1 aromatic heterocycles. The molecule has 10 heteroatoms. The van der Waals surface area contributed by atoms with Crippen molar-refractivity contribution < 1.29 is 33.4 Å². The van der Waals surface area contributed by atoms with Crippen LogP contribution in [0.5, 0.6) is 5.88 Å². The summed E-state index contributed by atoms with van der Waals surface area (Å²) in [5, 5.41) is 8.95. The van der Waals surface area contributed by atoms with Crippen molar-refractivity contribution in [2.45, 2.75) is 5.59 Å². The van der Waals surface area contributed by atoms with Crippen LogP contribution in [0.15, 0.2) is 24.4 Å². The molecule has 1 rings (SSSR count). The predicted octanol–water partition coefficient (Wildman–Crippen LogP) is 0.0994. The van der Waals surface area contributed by atoms with Crippen molar-refractivity contribution in [1.29, 1.82) is 0 Å². The first-order chi connectivity index (χ1) is 7.23. The van der Waals surface area contributed by atoms with E-state index in [2.05, 4.69) is 9.51 Å². The van der Waals surface area contributed by atoms with Crippen LogP contribution in [-0.2, 0) is 9.13 Å². The van der Waals surface area contributed by atoms with E-state index in [1.54, 1.807) is 0 Å². The maximum absolute atomic E-state index is 11.3. The molecule has 0 spiro atoms. The van der Waals surface area contributed by atoms with E-state index in [1.807, 2.05) is 0 Å². The lowest BCUT2D eigenvalue weighted by molar-refractivity contribution is 0.222. The Hall–Kier alpha value is -0.750. The fourth-order valence-electron chi connectivity index (χ4n) is 0.772. The van der Waals surface area contributed by atoms with Gasteiger partial charge in [-0.2, -0.15) is 0 Å². The lowest BCUT2D eigenvalue weighted by Crippen LogP contribution is -2.12. The summed E-state index contributed by atoms with van der Waals surface area (Å²) in [6, 6.07) is 4.15. The van der Waals surface area contributed by atoms with E-state index in [9.17, 15) is 9.13 Å². The minimum absolute atomic E-state index is 0.319. The molecule has 0 amide bonds. The number of aliphatic hydroxyl groups excluding tert-OH is 1. The number of hydrogen-bond donors (Lipinski definition) is 4. The zero-order valence-corrected chi connectivity index (χ0v) is 9.53. The van der Waals surface area contributed by atoms with E-state index in [0.29, 0.717) is 0 Å². The molecule has 90 valence electrons. The van der Waals surface area contributed by atoms with Gasteiger partial charge in [0.2, 0.25) is 5.88 Å². The lowest BCUT2D eigenvalue weighted by Gasteiger charge is -2.18. The molecule has 0 aromatic carbocycles. The van der Waals surface area contributed by atoms with Gasteiger partial charge in [-0.25, -0.2) is 9.55 Å². The highest BCUT2D eigenvalue weighted by Gasteiger charge is 2.45. The number of pyridine rings is 1. The van der Waals surface area contributed by atoms with Crippen LogP contribution in [0, 0.1) is 0 Å². The Balaban J connectivity index is 2.89. The van der Waals surface area contributed by atoms with Crippen LogP contribution in [0.2, 0.25) is 0 Å². The molecule has 0 aliphatic carbocycles. The van der Waals surface area contributed by atoms with Crippen molar-refractivity contribution in [1.82, 2.24) is 4.98 Å². The summed E-state index contributed by atoms with van der Waals surface area (Å²) in [7, 11) is -10.0. The summed E-state index contributed by atoms with van der Waals surface area (Å²) >= 11 is 0. The van der Waals surface area contributed by atoms with E-state index < -0.39 is 20.8 Å². The van der Waals surface area contributed by atoms with Gasteiger partial charge in [0.25, 0.3) is 5.59 Å². The topological polar surface area (TPSA) is 137 Å². The normalized spacial score (nSPS) is 17.5. The quantitative estimate of drug-likeness (QED) is 0.564. The average Bonchev–Trinajstić information content (AvgIpc) is 2.16. The standard InChI is InChI=1S/C6H9NO7P2/c8-6(15(9,10)11)16(12,13)14-5-3-1-2-4-7-5/h1-4,6,8H,(H,12,13)(H2,9,10,11). The summed E-state index contributed by atoms with van der Waals surface area (Å²) in [6.07, 6.45) is 1.25. The van der Waals surface area contributed by atoms with Gasteiger partial charge in [0.1, 0.15) is 0 Å². The molecule has 0 fully saturated rings. The number of hydrogen-bond acceptors (Lipinski definition) is 5. The number of aliphatic hydroxyl groups is 1. The van der Waals surface area contributed by atoms with Gasteiger partial charge >= 0.3 is 15.2 Å². The summed E-state index contributed by atoms with van der Waals surface area (Å²) in [6.45, 7) is 0. The van der Waals surface area contributed by atoms with E-state index >= 15 is 0 Å². The van der Waals surface area contributed by atoms with Gasteiger partial charge < -0.3 is 24.3 Å². The molecule has 1 heterocycles. The second-order valence-corrected chi connectivity index (χ2v) is 6.63. The summed E-state index contributed by atoms with van der Waals surface area (Å²) in [4.78, 5) is 29.7. The minimum atomic E-state index is -5.13. The highest BCUT2D eigenvalue weighted by Crippen LogP contribution is 2.60. The van der Waals surface area contributed by atoms with Crippen LogP contribution in [0.1, 0.15) is 0 Å². The van der Waals surface area contributed by atoms with Gasteiger partial charge in [-0.3, -0.25) is 4.57 Å². The van der Waals surface area contributed by atoms with E-state index in [4.69, 9.17) is 19.8 Å². The third-order valence-electron chi connectivity index (χ3n) is 1.45. The highest BCUT2D eigenvalue weighted by atomic mass is 31.2. The van der Waals surface area contributed by atoms with Gasteiger partial charge in [0.05, 0.1) is 0 Å². The third-order valence-corrected chi connectivity index (χ3v) is 4.87. The first kappa shape index (κ1) is 13.3. The Kier molecular flexibility index (Phi) is 3.85. The van der Waals surface area contributed by atoms with Crippen LogP contribution < -0.4 is 4.52 Å². The maximum Gasteiger partial charge on any atom is 0.418 e. The third kappa shape index (κ3) is 3.38. The smallest absolute Gasteiger partial charge is 0.404 e. The first-order valence-electron chi connectivity index (χ1n) is 3.90. The molecule has 0 radical (unpaired) electrons. The molecule has 0 saturated heterocycles. The molecular weight excluding hydrogens is 260 g/mol. The summed E-state index contributed by atoms with van der Waals surface area (Å²) in [5.41, 5.74) is -2.79. The van der Waals surface area contributed by atoms with E-state index in [1.165, 1.54) is 24.4 Å². The molecular formula is C6H9NO7P2. The molecule has 4 N–H and O–H groups in total. The van der Waals surface area contributed by atoms with Crippen LogP contribution in [0.4, 0.5) is 0 Å². The van der Waals surface area contributed by atoms with Crippen LogP contribution in [0.25, 0.3) is 0 Å². The van der Waals surface area contributed by atoms with Gasteiger partial charge in [-0.05, 0) is 6.07 Å². The SMILES string of the molecule is O=P(O)(O)C(O)P(=O)(O)Oc1ccccn1. The molecule has 0 aliphatic rings. The number of aromatic nitrogens is 1. The molecule has 0 aliphatic heterocycles. The molecule has 0 saturated carbocycles. The molecule has 1 aromatic rings. The Morgan fingerprint density at radius 1 is 1.25 bits per heavy atom. The second-order valence-electron chi connectivity index (χ2n) is 2.76. The fraction of sp³-hybridized carbons (Fsp3) is 0.167. The second kappa shape index (κ2) is 4.63. The van der Waals surface area contributed by atoms with Crippen molar-refractivity contribution in [3.05, 3.63) is 24.4 Å². The summed E-state index contributed by atoms with van der Waals surface area (Å²) < 4.78 is 26.2. The van der Waals surface area contributed by atoms with Gasteiger partial charge in [-0.1, -0.05) is 6.07 Å². The Labute approximate surface area is 90.2 Å². The van der Waals surface area contributed by atoms with Crippen molar-refractivity contribution in [2.75, 3.05) is 0 Å².